The molecule has 0 saturated carbocycles. The number of para-hydroxylation sites is 2. The van der Waals surface area contributed by atoms with Crippen molar-refractivity contribution in [2.24, 2.45) is 0 Å². The molecular formula is C43H34N2O. The number of hydrogen-bond acceptors (Lipinski definition) is 2. The highest BCUT2D eigenvalue weighted by Gasteiger charge is 2.24. The Morgan fingerprint density at radius 3 is 1.78 bits per heavy atom. The van der Waals surface area contributed by atoms with Crippen LogP contribution < -0.4 is 0 Å². The number of benzene rings is 6. The van der Waals surface area contributed by atoms with E-state index in [4.69, 9.17) is 9.40 Å². The molecule has 0 aliphatic heterocycles. The van der Waals surface area contributed by atoms with E-state index in [0.717, 1.165) is 61.3 Å². The Morgan fingerprint density at radius 1 is 0.543 bits per heavy atom. The van der Waals surface area contributed by atoms with Gasteiger partial charge in [-0.1, -0.05) is 96.6 Å². The van der Waals surface area contributed by atoms with Gasteiger partial charge in [-0.15, -0.1) is 0 Å². The number of imidazole rings is 1. The van der Waals surface area contributed by atoms with E-state index in [-0.39, 0.29) is 0 Å². The Morgan fingerprint density at radius 2 is 1.13 bits per heavy atom. The van der Waals surface area contributed by atoms with Gasteiger partial charge < -0.3 is 4.42 Å². The number of fused-ring (bicyclic) bond motifs is 2. The molecule has 2 aromatic heterocycles. The quantitative estimate of drug-likeness (QED) is 0.198. The van der Waals surface area contributed by atoms with Crippen LogP contribution in [0, 0.1) is 27.7 Å². The van der Waals surface area contributed by atoms with Crippen LogP contribution in [0.5, 0.6) is 0 Å². The molecule has 0 fully saturated rings. The zero-order chi connectivity index (χ0) is 31.4. The van der Waals surface area contributed by atoms with E-state index in [2.05, 4.69) is 160 Å². The minimum atomic E-state index is 0.843. The Bertz CT molecular complexity index is 2310. The van der Waals surface area contributed by atoms with Crippen molar-refractivity contribution in [3.63, 3.8) is 0 Å². The molecule has 2 heterocycles. The molecular weight excluding hydrogens is 560 g/mol. The Labute approximate surface area is 269 Å². The van der Waals surface area contributed by atoms with Gasteiger partial charge in [0.15, 0.2) is 0 Å². The van der Waals surface area contributed by atoms with Crippen molar-refractivity contribution in [2.75, 3.05) is 0 Å². The molecule has 0 N–H and O–H groups in total. The number of hydrogen-bond donors (Lipinski definition) is 0. The summed E-state index contributed by atoms with van der Waals surface area (Å²) >= 11 is 0. The normalized spacial score (nSPS) is 11.5. The molecule has 8 rings (SSSR count). The third kappa shape index (κ3) is 4.64. The average molecular weight is 595 g/mol. The van der Waals surface area contributed by atoms with Crippen LogP contribution >= 0.6 is 0 Å². The molecule has 3 nitrogen and oxygen atoms in total. The summed E-state index contributed by atoms with van der Waals surface area (Å²) in [5.41, 5.74) is 17.0. The van der Waals surface area contributed by atoms with Crippen molar-refractivity contribution < 1.29 is 4.42 Å². The Hall–Kier alpha value is -5.67. The molecule has 46 heavy (non-hydrogen) atoms. The molecule has 6 aromatic carbocycles. The minimum absolute atomic E-state index is 0.843. The van der Waals surface area contributed by atoms with Gasteiger partial charge in [-0.3, -0.25) is 4.57 Å². The van der Waals surface area contributed by atoms with E-state index in [1.807, 2.05) is 6.26 Å². The SMILES string of the molecule is Cc1cc(C)c(-c2ccc3occ(-c4nc5ccccc5n4-c4c(-c5ccccc5)cc(C)cc4-c4ccccc4)c3c2)c(C)c1. The second-order valence-corrected chi connectivity index (χ2v) is 12.3. The standard InChI is InChI=1S/C43H34N2O/c1-27-21-29(3)41(30(4)22-27)33-19-20-40-36(25-33)37(26-46-40)43-44-38-17-11-12-18-39(38)45(43)42-34(31-13-7-5-8-14-31)23-28(2)24-35(42)32-15-9-6-10-16-32/h5-26H,1-4H3. The molecule has 0 aliphatic rings. The van der Waals surface area contributed by atoms with Crippen LogP contribution in [0.4, 0.5) is 0 Å². The second-order valence-electron chi connectivity index (χ2n) is 12.3. The fourth-order valence-electron chi connectivity index (χ4n) is 7.12. The van der Waals surface area contributed by atoms with Crippen LogP contribution in [-0.2, 0) is 0 Å². The van der Waals surface area contributed by atoms with Crippen molar-refractivity contribution in [1.82, 2.24) is 9.55 Å². The summed E-state index contributed by atoms with van der Waals surface area (Å²) in [4.78, 5) is 5.33. The lowest BCUT2D eigenvalue weighted by Crippen LogP contribution is -2.03. The molecule has 0 unspecified atom stereocenters. The summed E-state index contributed by atoms with van der Waals surface area (Å²) in [6.45, 7) is 8.73. The third-order valence-corrected chi connectivity index (χ3v) is 8.99. The molecule has 0 amide bonds. The average Bonchev–Trinajstić information content (AvgIpc) is 3.66. The third-order valence-electron chi connectivity index (χ3n) is 8.99. The van der Waals surface area contributed by atoms with Gasteiger partial charge in [-0.25, -0.2) is 4.98 Å². The number of rotatable bonds is 5. The minimum Gasteiger partial charge on any atom is -0.464 e. The van der Waals surface area contributed by atoms with Gasteiger partial charge in [0.25, 0.3) is 0 Å². The van der Waals surface area contributed by atoms with Gasteiger partial charge in [0.2, 0.25) is 0 Å². The van der Waals surface area contributed by atoms with Crippen molar-refractivity contribution in [2.45, 2.75) is 27.7 Å². The lowest BCUT2D eigenvalue weighted by atomic mass is 9.92. The van der Waals surface area contributed by atoms with E-state index in [1.54, 1.807) is 0 Å². The van der Waals surface area contributed by atoms with Crippen LogP contribution in [0.3, 0.4) is 0 Å². The number of aryl methyl sites for hydroxylation is 4. The maximum atomic E-state index is 6.26. The highest BCUT2D eigenvalue weighted by atomic mass is 16.3. The highest BCUT2D eigenvalue weighted by molar-refractivity contribution is 5.99. The molecule has 0 saturated heterocycles. The van der Waals surface area contributed by atoms with Crippen molar-refractivity contribution in [3.8, 4) is 50.5 Å². The van der Waals surface area contributed by atoms with E-state index in [0.29, 0.717) is 0 Å². The molecule has 0 atom stereocenters. The molecule has 3 heteroatoms. The van der Waals surface area contributed by atoms with Gasteiger partial charge in [0, 0.05) is 16.5 Å². The Balaban J connectivity index is 1.46. The summed E-state index contributed by atoms with van der Waals surface area (Å²) in [7, 11) is 0. The van der Waals surface area contributed by atoms with Crippen molar-refractivity contribution in [3.05, 3.63) is 156 Å². The topological polar surface area (TPSA) is 31.0 Å². The first-order chi connectivity index (χ1) is 22.5. The van der Waals surface area contributed by atoms with Gasteiger partial charge in [0.1, 0.15) is 17.7 Å². The fourth-order valence-corrected chi connectivity index (χ4v) is 7.12. The summed E-state index contributed by atoms with van der Waals surface area (Å²) < 4.78 is 8.60. The van der Waals surface area contributed by atoms with E-state index in [9.17, 15) is 0 Å². The molecule has 0 bridgehead atoms. The van der Waals surface area contributed by atoms with Crippen LogP contribution in [0.1, 0.15) is 22.3 Å². The highest BCUT2D eigenvalue weighted by Crippen LogP contribution is 2.43. The first kappa shape index (κ1) is 27.8. The van der Waals surface area contributed by atoms with E-state index >= 15 is 0 Å². The number of furan rings is 1. The molecule has 0 radical (unpaired) electrons. The maximum Gasteiger partial charge on any atom is 0.149 e. The largest absolute Gasteiger partial charge is 0.464 e. The monoisotopic (exact) mass is 594 g/mol. The summed E-state index contributed by atoms with van der Waals surface area (Å²) in [5, 5.41) is 1.04. The van der Waals surface area contributed by atoms with Gasteiger partial charge in [-0.2, -0.15) is 0 Å². The number of nitrogens with zero attached hydrogens (tertiary/aromatic N) is 2. The fraction of sp³-hybridized carbons (Fsp3) is 0.0930. The smallest absolute Gasteiger partial charge is 0.149 e. The van der Waals surface area contributed by atoms with Gasteiger partial charge in [0.05, 0.1) is 22.3 Å². The zero-order valence-electron chi connectivity index (χ0n) is 26.5. The zero-order valence-corrected chi connectivity index (χ0v) is 26.5. The molecule has 0 aliphatic carbocycles. The first-order valence-corrected chi connectivity index (χ1v) is 15.8. The second kappa shape index (κ2) is 11.0. The Kier molecular flexibility index (Phi) is 6.69. The van der Waals surface area contributed by atoms with Crippen LogP contribution in [0.15, 0.2) is 138 Å². The van der Waals surface area contributed by atoms with Crippen LogP contribution in [0.2, 0.25) is 0 Å². The summed E-state index contributed by atoms with van der Waals surface area (Å²) in [5.74, 6) is 0.854. The maximum absolute atomic E-state index is 6.26. The number of aromatic nitrogens is 2. The van der Waals surface area contributed by atoms with Crippen LogP contribution in [0.25, 0.3) is 72.5 Å². The predicted octanol–water partition coefficient (Wildman–Crippen LogP) is 11.7. The summed E-state index contributed by atoms with van der Waals surface area (Å²) in [6.07, 6.45) is 1.87. The lowest BCUT2D eigenvalue weighted by molar-refractivity contribution is 0.616. The van der Waals surface area contributed by atoms with Gasteiger partial charge >= 0.3 is 0 Å². The molecule has 222 valence electrons. The molecule has 8 aromatic rings. The first-order valence-electron chi connectivity index (χ1n) is 15.8. The summed E-state index contributed by atoms with van der Waals surface area (Å²) in [6, 6.07) is 45.4. The van der Waals surface area contributed by atoms with E-state index in [1.165, 1.54) is 33.4 Å². The van der Waals surface area contributed by atoms with Gasteiger partial charge in [-0.05, 0) is 103 Å². The lowest BCUT2D eigenvalue weighted by Gasteiger charge is -2.20. The predicted molar refractivity (Wildman–Crippen MR) is 192 cm³/mol. The van der Waals surface area contributed by atoms with Crippen molar-refractivity contribution >= 4 is 22.0 Å². The molecule has 0 spiro atoms. The van der Waals surface area contributed by atoms with Crippen LogP contribution in [-0.4, -0.2) is 9.55 Å². The van der Waals surface area contributed by atoms with Crippen molar-refractivity contribution in [1.29, 1.82) is 0 Å². The van der Waals surface area contributed by atoms with E-state index < -0.39 is 0 Å².